The van der Waals surface area contributed by atoms with E-state index in [0.717, 1.165) is 17.5 Å². The largest absolute Gasteiger partial charge is 0.465 e. The van der Waals surface area contributed by atoms with Gasteiger partial charge in [-0.3, -0.25) is 65.1 Å². The summed E-state index contributed by atoms with van der Waals surface area (Å²) in [5.41, 5.74) is 0.672. The summed E-state index contributed by atoms with van der Waals surface area (Å²) in [5.74, 6) is -0.208. The predicted molar refractivity (Wildman–Crippen MR) is 352 cm³/mol. The number of ether oxygens (including phenoxy) is 3. The number of esters is 1. The highest BCUT2D eigenvalue weighted by Gasteiger charge is 2.22. The molecule has 0 aliphatic heterocycles. The SMILES string of the molecule is COC(=O)c1cc(Cl)cc([N+](=O)[O-])c1C.COC(OC)N(C)C.Cc1cc(C)c(CNc2nccc3c([N+](=O)[O-])cc(Cl)cc23)c(=O)[nH]1.O=[N+]([O-])c1cc(Cl)cc2c(Cl)nccc12.O=c1[nH]ccc2c([N+](=O)[O-])cc(Cl)cc12.O=c1occc2c([N+](=O)[O-])cc(Cl)cc12. The van der Waals surface area contributed by atoms with E-state index < -0.39 is 41.8 Å². The third kappa shape index (κ3) is 19.4. The molecule has 5 aromatic carbocycles. The standard InChI is InChI=1S/C17H15ClN4O3.C9H4Cl2N2O2.C9H5ClN2O3.C9H4ClNO4.C9H8ClNO4.C5H13NO2/c1-9-5-10(2)21-17(23)14(9)8-20-16-13-6-11(18)7-15(22(24)25)12(13)3-4-19-16;10-5-3-7-6(1-2-12-9(7)11)8(4-5)13(14)15;10-5-3-7-6(1-2-11-9(7)13)8(4-5)12(14)15;10-5-3-7-6(1-2-15-9(7)12)8(4-5)11(13)14;1-5-7(9(12)15-2)3-6(10)4-8(5)11(13)14;1-6(2)5(7-3)8-4/h3-7H,8H2,1-2H3,(H,19,20)(H,21,23);1-4H;1-4H,(H,11,13);1-4H;3-4H,1-2H3;5H,1-4H3. The number of nitro groups is 5. The topological polar surface area (TPSA) is 397 Å². The molecule has 486 valence electrons. The number of pyridine rings is 4. The van der Waals surface area contributed by atoms with E-state index in [1.165, 1.54) is 99.4 Å². The number of nitrogens with one attached hydrogen (secondary N) is 3. The maximum Gasteiger partial charge on any atom is 0.343 e. The second-order valence-corrected chi connectivity index (χ2v) is 21.5. The fourth-order valence-electron chi connectivity index (χ4n) is 8.56. The molecule has 0 saturated heterocycles. The van der Waals surface area contributed by atoms with Crippen LogP contribution < -0.4 is 22.1 Å². The number of aryl methyl sites for hydroxylation is 2. The van der Waals surface area contributed by atoms with Gasteiger partial charge in [0.25, 0.3) is 39.6 Å². The van der Waals surface area contributed by atoms with Gasteiger partial charge in [0, 0.05) is 122 Å². The number of nitrogens with zero attached hydrogens (tertiary/aromatic N) is 8. The number of halogens is 6. The number of hydrogen-bond acceptors (Lipinski definition) is 22. The molecule has 10 aromatic rings. The van der Waals surface area contributed by atoms with E-state index in [9.17, 15) is 69.7 Å². The zero-order valence-corrected chi connectivity index (χ0v) is 54.0. The molecule has 3 N–H and O–H groups in total. The van der Waals surface area contributed by atoms with Gasteiger partial charge in [-0.2, -0.15) is 0 Å². The third-order valence-electron chi connectivity index (χ3n) is 12.7. The van der Waals surface area contributed by atoms with Gasteiger partial charge in [0.1, 0.15) is 11.0 Å². The summed E-state index contributed by atoms with van der Waals surface area (Å²) in [6, 6.07) is 21.3. The molecular formula is C58H49Cl6N11O18. The third-order valence-corrected chi connectivity index (χ3v) is 14.1. The Balaban J connectivity index is 0.000000208. The highest BCUT2D eigenvalue weighted by molar-refractivity contribution is 6.36. The Morgan fingerprint density at radius 2 is 1.01 bits per heavy atom. The Morgan fingerprint density at radius 1 is 0.570 bits per heavy atom. The van der Waals surface area contributed by atoms with E-state index >= 15 is 0 Å². The van der Waals surface area contributed by atoms with Crippen molar-refractivity contribution in [2.45, 2.75) is 33.7 Å². The first-order valence-electron chi connectivity index (χ1n) is 25.9. The molecular weight excluding hydrogens is 1350 g/mol. The Hall–Kier alpha value is -9.82. The Labute approximate surface area is 553 Å². The molecule has 93 heavy (non-hydrogen) atoms. The summed E-state index contributed by atoms with van der Waals surface area (Å²) >= 11 is 34.6. The summed E-state index contributed by atoms with van der Waals surface area (Å²) < 4.78 is 18.8. The maximum atomic E-state index is 12.1. The maximum absolute atomic E-state index is 12.1. The van der Waals surface area contributed by atoms with Crippen molar-refractivity contribution >= 4 is 153 Å². The molecule has 35 heteroatoms. The first kappa shape index (κ1) is 73.9. The number of nitro benzene ring substituents is 5. The smallest absolute Gasteiger partial charge is 0.343 e. The predicted octanol–water partition coefficient (Wildman–Crippen LogP) is 14.1. The summed E-state index contributed by atoms with van der Waals surface area (Å²) in [6.07, 6.45) is 5.18. The molecule has 0 saturated carbocycles. The number of benzene rings is 5. The van der Waals surface area contributed by atoms with Crippen LogP contribution >= 0.6 is 69.6 Å². The van der Waals surface area contributed by atoms with E-state index in [1.54, 1.807) is 32.4 Å². The summed E-state index contributed by atoms with van der Waals surface area (Å²) in [5, 5.41) is 61.0. The molecule has 0 aliphatic carbocycles. The van der Waals surface area contributed by atoms with Crippen LogP contribution in [0.15, 0.2) is 135 Å². The quantitative estimate of drug-likeness (QED) is 0.0336. The van der Waals surface area contributed by atoms with Gasteiger partial charge in [-0.1, -0.05) is 69.6 Å². The van der Waals surface area contributed by atoms with Crippen LogP contribution in [0.3, 0.4) is 0 Å². The summed E-state index contributed by atoms with van der Waals surface area (Å²) in [6.45, 7) is 5.39. The molecule has 10 rings (SSSR count). The van der Waals surface area contributed by atoms with Crippen LogP contribution in [-0.4, -0.2) is 97.3 Å². The van der Waals surface area contributed by atoms with Gasteiger partial charge in [0.05, 0.1) is 75.9 Å². The minimum atomic E-state index is -0.641. The van der Waals surface area contributed by atoms with Crippen LogP contribution in [0.1, 0.15) is 32.7 Å². The Morgan fingerprint density at radius 3 is 1.48 bits per heavy atom. The molecule has 0 atom stereocenters. The summed E-state index contributed by atoms with van der Waals surface area (Å²) in [7, 11) is 8.19. The monoisotopic (exact) mass is 1400 g/mol. The Kier molecular flexibility index (Phi) is 26.6. The second-order valence-electron chi connectivity index (χ2n) is 19.0. The minimum Gasteiger partial charge on any atom is -0.465 e. The number of hydrogen-bond donors (Lipinski definition) is 3. The fraction of sp³-hybridized carbons (Fsp3) is 0.172. The van der Waals surface area contributed by atoms with Gasteiger partial charge in [0.15, 0.2) is 0 Å². The lowest BCUT2D eigenvalue weighted by Gasteiger charge is -2.19. The fourth-order valence-corrected chi connectivity index (χ4v) is 9.83. The molecule has 0 aliphatic rings. The van der Waals surface area contributed by atoms with Crippen molar-refractivity contribution in [3.05, 3.63) is 256 Å². The number of anilines is 1. The van der Waals surface area contributed by atoms with Crippen molar-refractivity contribution in [1.82, 2.24) is 24.8 Å². The number of aromatic amines is 2. The van der Waals surface area contributed by atoms with Gasteiger partial charge in [-0.05, 0) is 101 Å². The minimum absolute atomic E-state index is 0.0678. The normalized spacial score (nSPS) is 10.5. The van der Waals surface area contributed by atoms with Gasteiger partial charge in [-0.25, -0.2) is 19.6 Å². The lowest BCUT2D eigenvalue weighted by molar-refractivity contribution is -0.385. The van der Waals surface area contributed by atoms with E-state index in [1.807, 2.05) is 38.9 Å². The number of carbonyl (C=O) groups excluding carboxylic acids is 1. The number of carbonyl (C=O) groups is 1. The zero-order valence-electron chi connectivity index (χ0n) is 49.4. The van der Waals surface area contributed by atoms with Crippen LogP contribution in [0.25, 0.3) is 43.1 Å². The van der Waals surface area contributed by atoms with Crippen LogP contribution in [-0.2, 0) is 20.8 Å². The highest BCUT2D eigenvalue weighted by Crippen LogP contribution is 2.35. The number of fused-ring (bicyclic) bond motifs is 4. The van der Waals surface area contributed by atoms with Crippen LogP contribution in [0.2, 0.25) is 30.3 Å². The number of H-pyrrole nitrogens is 2. The van der Waals surface area contributed by atoms with Crippen molar-refractivity contribution < 1.29 is 48.0 Å². The van der Waals surface area contributed by atoms with Gasteiger partial charge < -0.3 is 33.9 Å². The van der Waals surface area contributed by atoms with Crippen LogP contribution in [0.4, 0.5) is 34.3 Å². The molecule has 0 bridgehead atoms. The molecule has 0 spiro atoms. The Bertz CT molecular complexity index is 4590. The molecule has 0 fully saturated rings. The van der Waals surface area contributed by atoms with Crippen molar-refractivity contribution in [3.63, 3.8) is 0 Å². The van der Waals surface area contributed by atoms with Crippen LogP contribution in [0, 0.1) is 71.3 Å². The number of non-ortho nitro benzene ring substituents is 4. The molecule has 5 aromatic heterocycles. The van der Waals surface area contributed by atoms with E-state index in [-0.39, 0.29) is 110 Å². The molecule has 0 amide bonds. The lowest BCUT2D eigenvalue weighted by atomic mass is 10.1. The van der Waals surface area contributed by atoms with E-state index in [2.05, 4.69) is 34.4 Å². The van der Waals surface area contributed by atoms with Crippen molar-refractivity contribution in [1.29, 1.82) is 0 Å². The lowest BCUT2D eigenvalue weighted by Crippen LogP contribution is -2.30. The second kappa shape index (κ2) is 33.5. The van der Waals surface area contributed by atoms with E-state index in [0.29, 0.717) is 32.9 Å². The molecule has 5 heterocycles. The van der Waals surface area contributed by atoms with Gasteiger partial charge in [-0.15, -0.1) is 0 Å². The van der Waals surface area contributed by atoms with E-state index in [4.69, 9.17) is 79.1 Å². The molecule has 0 unspecified atom stereocenters. The molecule has 0 radical (unpaired) electrons. The number of rotatable bonds is 12. The first-order valence-corrected chi connectivity index (χ1v) is 28.2. The van der Waals surface area contributed by atoms with Crippen molar-refractivity contribution in [2.75, 3.05) is 40.7 Å². The highest BCUT2D eigenvalue weighted by atomic mass is 35.5. The van der Waals surface area contributed by atoms with Gasteiger partial charge >= 0.3 is 11.6 Å². The van der Waals surface area contributed by atoms with Crippen molar-refractivity contribution in [3.8, 4) is 0 Å². The number of methoxy groups -OCH3 is 3. The first-order chi connectivity index (χ1) is 43.8. The average molecular weight is 1400 g/mol. The zero-order chi connectivity index (χ0) is 69.3. The molecule has 29 nitrogen and oxygen atoms in total. The average Bonchev–Trinajstić information content (AvgIpc) is 0.892. The summed E-state index contributed by atoms with van der Waals surface area (Å²) in [4.78, 5) is 112. The van der Waals surface area contributed by atoms with Crippen LogP contribution in [0.5, 0.6) is 0 Å². The van der Waals surface area contributed by atoms with Crippen molar-refractivity contribution in [2.24, 2.45) is 0 Å². The van der Waals surface area contributed by atoms with Gasteiger partial charge in [0.2, 0.25) is 6.41 Å². The number of aromatic nitrogens is 4.